The van der Waals surface area contributed by atoms with E-state index in [1.807, 2.05) is 85.8 Å². The maximum absolute atomic E-state index is 13.7. The number of nitrogens with one attached hydrogen (secondary N) is 3. The molecule has 9 heteroatoms. The Labute approximate surface area is 250 Å². The molecule has 1 heterocycles. The molecule has 3 amide bonds. The van der Waals surface area contributed by atoms with Gasteiger partial charge in [-0.1, -0.05) is 66.7 Å². The van der Waals surface area contributed by atoms with Gasteiger partial charge >= 0.3 is 0 Å². The molecule has 1 aromatic heterocycles. The molecule has 0 saturated carbocycles. The third-order valence-corrected chi connectivity index (χ3v) is 7.40. The molecule has 5 N–H and O–H groups in total. The largest absolute Gasteiger partial charge is 0.494 e. The molecule has 218 valence electrons. The van der Waals surface area contributed by atoms with Crippen LogP contribution in [0.15, 0.2) is 95.7 Å². The van der Waals surface area contributed by atoms with Crippen molar-refractivity contribution in [3.05, 3.63) is 124 Å². The monoisotopic (exact) mass is 584 g/mol. The lowest BCUT2D eigenvalue weighted by Gasteiger charge is -2.23. The van der Waals surface area contributed by atoms with E-state index in [2.05, 4.69) is 16.0 Å². The first-order valence-corrected chi connectivity index (χ1v) is 14.8. The highest BCUT2D eigenvalue weighted by Crippen LogP contribution is 2.15. The molecule has 0 aliphatic rings. The van der Waals surface area contributed by atoms with Crippen LogP contribution in [0.2, 0.25) is 0 Å². The van der Waals surface area contributed by atoms with E-state index in [1.54, 1.807) is 16.8 Å². The van der Waals surface area contributed by atoms with Gasteiger partial charge in [0.1, 0.15) is 17.8 Å². The van der Waals surface area contributed by atoms with Crippen LogP contribution in [0.1, 0.15) is 39.5 Å². The summed E-state index contributed by atoms with van der Waals surface area (Å²) in [7, 11) is 0. The van der Waals surface area contributed by atoms with E-state index in [1.165, 1.54) is 11.3 Å². The van der Waals surface area contributed by atoms with Gasteiger partial charge in [0.15, 0.2) is 0 Å². The van der Waals surface area contributed by atoms with Gasteiger partial charge in [-0.05, 0) is 52.8 Å². The smallest absolute Gasteiger partial charge is 0.252 e. The average molecular weight is 585 g/mol. The zero-order valence-corrected chi connectivity index (χ0v) is 24.4. The minimum atomic E-state index is -0.912. The second kappa shape index (κ2) is 15.5. The molecule has 0 aliphatic heterocycles. The summed E-state index contributed by atoms with van der Waals surface area (Å²) in [5, 5.41) is 12.3. The second-order valence-corrected chi connectivity index (χ2v) is 10.6. The zero-order chi connectivity index (χ0) is 29.7. The lowest BCUT2D eigenvalue weighted by Crippen LogP contribution is -2.55. The van der Waals surface area contributed by atoms with E-state index in [-0.39, 0.29) is 18.2 Å². The van der Waals surface area contributed by atoms with Gasteiger partial charge in [-0.2, -0.15) is 11.3 Å². The first-order chi connectivity index (χ1) is 20.4. The number of nitrogens with two attached hydrogens (primary N) is 1. The molecule has 0 aliphatic carbocycles. The predicted molar refractivity (Wildman–Crippen MR) is 165 cm³/mol. The van der Waals surface area contributed by atoms with E-state index in [9.17, 15) is 14.4 Å². The van der Waals surface area contributed by atoms with Crippen molar-refractivity contribution >= 4 is 29.1 Å². The van der Waals surface area contributed by atoms with Crippen LogP contribution in [0.4, 0.5) is 0 Å². The molecule has 2 unspecified atom stereocenters. The molecular formula is C33H36N4O4S. The number of thiophene rings is 1. The summed E-state index contributed by atoms with van der Waals surface area (Å²) in [5.74, 6) is -0.399. The fourth-order valence-corrected chi connectivity index (χ4v) is 5.04. The molecule has 2 atom stereocenters. The van der Waals surface area contributed by atoms with Gasteiger partial charge in [0, 0.05) is 31.3 Å². The highest BCUT2D eigenvalue weighted by molar-refractivity contribution is 7.08. The van der Waals surface area contributed by atoms with Crippen LogP contribution in [0.5, 0.6) is 5.75 Å². The Morgan fingerprint density at radius 3 is 2.00 bits per heavy atom. The van der Waals surface area contributed by atoms with Crippen LogP contribution in [0, 0.1) is 0 Å². The van der Waals surface area contributed by atoms with Gasteiger partial charge in [-0.3, -0.25) is 14.4 Å². The summed E-state index contributed by atoms with van der Waals surface area (Å²) in [5.41, 5.74) is 9.83. The summed E-state index contributed by atoms with van der Waals surface area (Å²) < 4.78 is 5.53. The Morgan fingerprint density at radius 2 is 1.38 bits per heavy atom. The van der Waals surface area contributed by atoms with Gasteiger partial charge in [0.05, 0.1) is 12.2 Å². The molecule has 0 bridgehead atoms. The number of rotatable bonds is 14. The summed E-state index contributed by atoms with van der Waals surface area (Å²) in [4.78, 5) is 40.1. The predicted octanol–water partition coefficient (Wildman–Crippen LogP) is 3.99. The van der Waals surface area contributed by atoms with E-state index in [0.29, 0.717) is 31.7 Å². The maximum Gasteiger partial charge on any atom is 0.252 e. The molecule has 0 saturated heterocycles. The van der Waals surface area contributed by atoms with Crippen molar-refractivity contribution in [2.75, 3.05) is 6.61 Å². The molecule has 42 heavy (non-hydrogen) atoms. The fourth-order valence-electron chi connectivity index (χ4n) is 4.41. The highest BCUT2D eigenvalue weighted by atomic mass is 32.1. The van der Waals surface area contributed by atoms with Crippen LogP contribution in [0.25, 0.3) is 0 Å². The lowest BCUT2D eigenvalue weighted by atomic mass is 10.0. The standard InChI is InChI=1S/C33H36N4O4S/c1-2-41-28-14-12-24(13-15-28)19-30(36-31(38)27-16-17-42-22-27)33(40)37-29(18-23-6-4-3-5-7-23)32(39)35-21-26-10-8-25(20-34)9-11-26/h3-17,22,29-30H,2,18-21,34H2,1H3,(H,35,39)(H,36,38)(H,37,40). The minimum Gasteiger partial charge on any atom is -0.494 e. The van der Waals surface area contributed by atoms with Gasteiger partial charge in [0.2, 0.25) is 11.8 Å². The lowest BCUT2D eigenvalue weighted by molar-refractivity contribution is -0.130. The number of carbonyl (C=O) groups is 3. The first-order valence-electron chi connectivity index (χ1n) is 13.9. The van der Waals surface area contributed by atoms with Crippen molar-refractivity contribution in [1.29, 1.82) is 0 Å². The molecule has 0 fully saturated rings. The van der Waals surface area contributed by atoms with Crippen LogP contribution in [-0.2, 0) is 35.5 Å². The Bertz CT molecular complexity index is 1430. The van der Waals surface area contributed by atoms with Gasteiger partial charge < -0.3 is 26.4 Å². The van der Waals surface area contributed by atoms with Crippen molar-refractivity contribution < 1.29 is 19.1 Å². The minimum absolute atomic E-state index is 0.237. The second-order valence-electron chi connectivity index (χ2n) is 9.81. The normalized spacial score (nSPS) is 12.1. The molecular weight excluding hydrogens is 548 g/mol. The van der Waals surface area contributed by atoms with E-state index < -0.39 is 18.0 Å². The Hall–Kier alpha value is -4.47. The van der Waals surface area contributed by atoms with Crippen LogP contribution < -0.4 is 26.4 Å². The number of ether oxygens (including phenoxy) is 1. The third-order valence-electron chi connectivity index (χ3n) is 6.72. The Balaban J connectivity index is 1.51. The number of benzene rings is 3. The molecule has 0 spiro atoms. The van der Waals surface area contributed by atoms with Crippen LogP contribution in [0.3, 0.4) is 0 Å². The number of hydrogen-bond donors (Lipinski definition) is 4. The summed E-state index contributed by atoms with van der Waals surface area (Å²) in [6.45, 7) is 3.20. The molecule has 8 nitrogen and oxygen atoms in total. The molecule has 4 rings (SSSR count). The summed E-state index contributed by atoms with van der Waals surface area (Å²) in [6.07, 6.45) is 0.528. The molecule has 3 aromatic carbocycles. The van der Waals surface area contributed by atoms with E-state index in [0.717, 1.165) is 28.0 Å². The van der Waals surface area contributed by atoms with E-state index >= 15 is 0 Å². The topological polar surface area (TPSA) is 123 Å². The fraction of sp³-hybridized carbons (Fsp3) is 0.242. The summed E-state index contributed by atoms with van der Waals surface area (Å²) >= 11 is 1.40. The van der Waals surface area contributed by atoms with Crippen LogP contribution in [-0.4, -0.2) is 36.4 Å². The van der Waals surface area contributed by atoms with Gasteiger partial charge in [-0.25, -0.2) is 0 Å². The van der Waals surface area contributed by atoms with Crippen molar-refractivity contribution in [1.82, 2.24) is 16.0 Å². The van der Waals surface area contributed by atoms with Crippen molar-refractivity contribution in [3.8, 4) is 5.75 Å². The first kappa shape index (κ1) is 30.5. The Kier molecular flexibility index (Phi) is 11.3. The van der Waals surface area contributed by atoms with E-state index in [4.69, 9.17) is 10.5 Å². The van der Waals surface area contributed by atoms with Crippen LogP contribution >= 0.6 is 11.3 Å². The number of carbonyl (C=O) groups excluding carboxylic acids is 3. The molecule has 4 aromatic rings. The summed E-state index contributed by atoms with van der Waals surface area (Å²) in [6, 6.07) is 24.5. The van der Waals surface area contributed by atoms with Crippen molar-refractivity contribution in [2.45, 2.75) is 44.9 Å². The average Bonchev–Trinajstić information content (AvgIpc) is 3.56. The number of hydrogen-bond acceptors (Lipinski definition) is 6. The zero-order valence-electron chi connectivity index (χ0n) is 23.5. The van der Waals surface area contributed by atoms with Crippen molar-refractivity contribution in [3.63, 3.8) is 0 Å². The quantitative estimate of drug-likeness (QED) is 0.179. The molecule has 0 radical (unpaired) electrons. The number of amides is 3. The van der Waals surface area contributed by atoms with Gasteiger partial charge in [0.25, 0.3) is 5.91 Å². The van der Waals surface area contributed by atoms with Crippen molar-refractivity contribution in [2.24, 2.45) is 5.73 Å². The SMILES string of the molecule is CCOc1ccc(CC(NC(=O)c2ccsc2)C(=O)NC(Cc2ccccc2)C(=O)NCc2ccc(CN)cc2)cc1. The third kappa shape index (κ3) is 9.02. The maximum atomic E-state index is 13.7. The Morgan fingerprint density at radius 1 is 0.762 bits per heavy atom. The highest BCUT2D eigenvalue weighted by Gasteiger charge is 2.28. The van der Waals surface area contributed by atoms with Gasteiger partial charge in [-0.15, -0.1) is 0 Å².